The van der Waals surface area contributed by atoms with E-state index in [2.05, 4.69) is 25.7 Å². The first-order valence-electron chi connectivity index (χ1n) is 3.16. The summed E-state index contributed by atoms with van der Waals surface area (Å²) in [4.78, 5) is 0. The second-order valence-electron chi connectivity index (χ2n) is 1.66. The van der Waals surface area contributed by atoms with Gasteiger partial charge in [0.25, 0.3) is 0 Å². The molecule has 0 aromatic carbocycles. The van der Waals surface area contributed by atoms with Gasteiger partial charge in [0, 0.05) is 12.8 Å². The SMILES string of the molecule is [CH2-]CCCC#CCC.[Li+]. The minimum Gasteiger partial charge on any atom is -0.343 e. The summed E-state index contributed by atoms with van der Waals surface area (Å²) >= 11 is 0. The van der Waals surface area contributed by atoms with E-state index >= 15 is 0 Å². The van der Waals surface area contributed by atoms with E-state index in [1.165, 1.54) is 0 Å². The van der Waals surface area contributed by atoms with Crippen molar-refractivity contribution in [1.29, 1.82) is 0 Å². The Morgan fingerprint density at radius 3 is 2.44 bits per heavy atom. The van der Waals surface area contributed by atoms with Gasteiger partial charge in [-0.05, 0) is 0 Å². The molecule has 0 radical (unpaired) electrons. The molecule has 0 aliphatic heterocycles. The quantitative estimate of drug-likeness (QED) is 0.196. The van der Waals surface area contributed by atoms with Gasteiger partial charge < -0.3 is 6.92 Å². The summed E-state index contributed by atoms with van der Waals surface area (Å²) in [5.74, 6) is 6.05. The summed E-state index contributed by atoms with van der Waals surface area (Å²) in [6.07, 6.45) is 4.17. The Morgan fingerprint density at radius 1 is 1.33 bits per heavy atom. The van der Waals surface area contributed by atoms with Gasteiger partial charge in [-0.25, -0.2) is 0 Å². The Hall–Kier alpha value is 0.157. The zero-order valence-electron chi connectivity index (χ0n) is 6.54. The van der Waals surface area contributed by atoms with E-state index in [1.54, 1.807) is 0 Å². The molecule has 0 amide bonds. The smallest absolute Gasteiger partial charge is 0.343 e. The molecule has 0 aromatic heterocycles. The van der Waals surface area contributed by atoms with Gasteiger partial charge in [0.2, 0.25) is 0 Å². The molecular weight excluding hydrogens is 103 g/mol. The third kappa shape index (κ3) is 11.6. The fourth-order valence-electron chi connectivity index (χ4n) is 0.427. The molecule has 46 valence electrons. The number of unbranched alkanes of at least 4 members (excludes halogenated alkanes) is 2. The van der Waals surface area contributed by atoms with Crippen molar-refractivity contribution in [3.63, 3.8) is 0 Å². The van der Waals surface area contributed by atoms with Crippen LogP contribution >= 0.6 is 0 Å². The Labute approximate surface area is 70.6 Å². The third-order valence-electron chi connectivity index (χ3n) is 0.854. The predicted molar refractivity (Wildman–Crippen MR) is 37.3 cm³/mol. The van der Waals surface area contributed by atoms with Crippen LogP contribution in [0.3, 0.4) is 0 Å². The van der Waals surface area contributed by atoms with Crippen LogP contribution in [0.1, 0.15) is 32.6 Å². The summed E-state index contributed by atoms with van der Waals surface area (Å²) in [6, 6.07) is 0. The van der Waals surface area contributed by atoms with Crippen LogP contribution in [0.15, 0.2) is 0 Å². The maximum atomic E-state index is 3.72. The van der Waals surface area contributed by atoms with Gasteiger partial charge in [0.05, 0.1) is 0 Å². The normalized spacial score (nSPS) is 6.89. The van der Waals surface area contributed by atoms with Crippen LogP contribution in [0.4, 0.5) is 0 Å². The summed E-state index contributed by atoms with van der Waals surface area (Å²) < 4.78 is 0. The Balaban J connectivity index is 0. The van der Waals surface area contributed by atoms with Crippen molar-refractivity contribution in [3.8, 4) is 11.8 Å². The van der Waals surface area contributed by atoms with Gasteiger partial charge in [-0.3, -0.25) is 0 Å². The van der Waals surface area contributed by atoms with Crippen LogP contribution in [-0.4, -0.2) is 0 Å². The molecule has 0 spiro atoms. The molecule has 9 heavy (non-hydrogen) atoms. The summed E-state index contributed by atoms with van der Waals surface area (Å²) in [6.45, 7) is 5.78. The maximum Gasteiger partial charge on any atom is 1.00 e. The molecule has 0 fully saturated rings. The molecule has 0 aliphatic rings. The second kappa shape index (κ2) is 11.0. The average Bonchev–Trinajstić information content (AvgIpc) is 1.81. The number of hydrogen-bond donors (Lipinski definition) is 0. The number of hydrogen-bond acceptors (Lipinski definition) is 0. The molecule has 0 rings (SSSR count). The molecule has 0 heterocycles. The topological polar surface area (TPSA) is 0 Å². The van der Waals surface area contributed by atoms with Crippen LogP contribution in [0.5, 0.6) is 0 Å². The predicted octanol–water partition coefficient (Wildman–Crippen LogP) is -0.592. The van der Waals surface area contributed by atoms with Crippen LogP contribution in [0.2, 0.25) is 0 Å². The first-order chi connectivity index (χ1) is 3.91. The molecule has 0 atom stereocenters. The van der Waals surface area contributed by atoms with E-state index in [4.69, 9.17) is 0 Å². The standard InChI is InChI=1S/C8H13.Li/c1-3-5-7-8-6-4-2;/h1,3-5,7H2,2H3;/q-1;+1. The second-order valence-corrected chi connectivity index (χ2v) is 1.66. The molecule has 0 aromatic rings. The zero-order valence-corrected chi connectivity index (χ0v) is 6.54. The number of rotatable bonds is 2. The van der Waals surface area contributed by atoms with Crippen molar-refractivity contribution in [3.05, 3.63) is 6.92 Å². The van der Waals surface area contributed by atoms with Gasteiger partial charge in [0.1, 0.15) is 0 Å². The van der Waals surface area contributed by atoms with E-state index in [-0.39, 0.29) is 18.9 Å². The molecule has 0 saturated heterocycles. The first kappa shape index (κ1) is 11.9. The van der Waals surface area contributed by atoms with E-state index in [0.717, 1.165) is 25.7 Å². The van der Waals surface area contributed by atoms with Gasteiger partial charge >= 0.3 is 18.9 Å². The monoisotopic (exact) mass is 116 g/mol. The zero-order chi connectivity index (χ0) is 6.24. The Kier molecular flexibility index (Phi) is 14.6. The van der Waals surface area contributed by atoms with Gasteiger partial charge in [-0.15, -0.1) is 11.8 Å². The Bertz CT molecular complexity index is 86.5. The van der Waals surface area contributed by atoms with E-state index in [0.29, 0.717) is 0 Å². The molecular formula is C8H13Li. The van der Waals surface area contributed by atoms with Crippen molar-refractivity contribution in [1.82, 2.24) is 0 Å². The van der Waals surface area contributed by atoms with Gasteiger partial charge in [-0.1, -0.05) is 13.3 Å². The van der Waals surface area contributed by atoms with Gasteiger partial charge in [0.15, 0.2) is 0 Å². The summed E-state index contributed by atoms with van der Waals surface area (Å²) in [5.41, 5.74) is 0. The molecule has 0 aliphatic carbocycles. The maximum absolute atomic E-state index is 3.72. The van der Waals surface area contributed by atoms with Crippen LogP contribution in [0.25, 0.3) is 0 Å². The summed E-state index contributed by atoms with van der Waals surface area (Å²) in [7, 11) is 0. The molecule has 1 heteroatoms. The first-order valence-corrected chi connectivity index (χ1v) is 3.16. The van der Waals surface area contributed by atoms with Crippen molar-refractivity contribution < 1.29 is 18.9 Å². The fourth-order valence-corrected chi connectivity index (χ4v) is 0.427. The summed E-state index contributed by atoms with van der Waals surface area (Å²) in [5, 5.41) is 0. The Morgan fingerprint density at radius 2 is 2.00 bits per heavy atom. The minimum atomic E-state index is 0. The molecule has 0 N–H and O–H groups in total. The van der Waals surface area contributed by atoms with Crippen molar-refractivity contribution in [2.24, 2.45) is 0 Å². The van der Waals surface area contributed by atoms with Crippen LogP contribution < -0.4 is 18.9 Å². The third-order valence-corrected chi connectivity index (χ3v) is 0.854. The average molecular weight is 116 g/mol. The van der Waals surface area contributed by atoms with Crippen LogP contribution in [-0.2, 0) is 0 Å². The van der Waals surface area contributed by atoms with Gasteiger partial charge in [-0.2, -0.15) is 6.42 Å². The van der Waals surface area contributed by atoms with E-state index in [1.807, 2.05) is 0 Å². The van der Waals surface area contributed by atoms with Crippen molar-refractivity contribution >= 4 is 0 Å². The van der Waals surface area contributed by atoms with Crippen LogP contribution in [0, 0.1) is 18.8 Å². The van der Waals surface area contributed by atoms with Crippen molar-refractivity contribution in [2.75, 3.05) is 0 Å². The molecule has 0 bridgehead atoms. The van der Waals surface area contributed by atoms with E-state index in [9.17, 15) is 0 Å². The fraction of sp³-hybridized carbons (Fsp3) is 0.625. The molecule has 0 nitrogen and oxygen atoms in total. The molecule has 0 unspecified atom stereocenters. The minimum absolute atomic E-state index is 0. The largest absolute Gasteiger partial charge is 1.00 e. The van der Waals surface area contributed by atoms with E-state index < -0.39 is 0 Å². The molecule has 0 saturated carbocycles. The van der Waals surface area contributed by atoms with Crippen molar-refractivity contribution in [2.45, 2.75) is 32.6 Å².